The van der Waals surface area contributed by atoms with Crippen LogP contribution in [0, 0.1) is 0 Å². The molecule has 0 bridgehead atoms. The van der Waals surface area contributed by atoms with Gasteiger partial charge < -0.3 is 20.7 Å². The van der Waals surface area contributed by atoms with Crippen LogP contribution in [0.4, 0.5) is 0 Å². The molecule has 7 heteroatoms. The minimum atomic E-state index is -0.138. The number of halogens is 1. The van der Waals surface area contributed by atoms with Crippen molar-refractivity contribution in [3.05, 3.63) is 34.3 Å². The van der Waals surface area contributed by atoms with Crippen molar-refractivity contribution in [1.82, 2.24) is 16.0 Å². The van der Waals surface area contributed by atoms with E-state index in [9.17, 15) is 4.79 Å². The Bertz CT molecular complexity index is 598. The summed E-state index contributed by atoms with van der Waals surface area (Å²) in [7, 11) is 0. The number of rotatable bonds is 8. The third-order valence-electron chi connectivity index (χ3n) is 4.25. The molecule has 0 aliphatic carbocycles. The molecule has 1 aliphatic rings. The Kier molecular flexibility index (Phi) is 8.38. The SMILES string of the molecule is CCNC(=NCC1(C)CCCO1)NCCCNC(=O)c1ccc(Br)cc1. The molecular weight excluding hydrogens is 396 g/mol. The summed E-state index contributed by atoms with van der Waals surface area (Å²) in [6.45, 7) is 7.81. The summed E-state index contributed by atoms with van der Waals surface area (Å²) in [6.07, 6.45) is 2.98. The maximum absolute atomic E-state index is 12.0. The van der Waals surface area contributed by atoms with Crippen molar-refractivity contribution in [3.63, 3.8) is 0 Å². The fourth-order valence-corrected chi connectivity index (χ4v) is 3.01. The van der Waals surface area contributed by atoms with Gasteiger partial charge in [-0.05, 0) is 57.4 Å². The maximum Gasteiger partial charge on any atom is 0.251 e. The van der Waals surface area contributed by atoms with Crippen molar-refractivity contribution in [2.24, 2.45) is 4.99 Å². The van der Waals surface area contributed by atoms with E-state index in [1.54, 1.807) is 12.1 Å². The summed E-state index contributed by atoms with van der Waals surface area (Å²) in [6, 6.07) is 7.34. The molecule has 0 radical (unpaired) electrons. The number of guanidine groups is 1. The minimum Gasteiger partial charge on any atom is -0.373 e. The predicted molar refractivity (Wildman–Crippen MR) is 109 cm³/mol. The van der Waals surface area contributed by atoms with E-state index in [2.05, 4.69) is 43.8 Å². The van der Waals surface area contributed by atoms with E-state index in [1.165, 1.54) is 0 Å². The Labute approximate surface area is 164 Å². The van der Waals surface area contributed by atoms with Crippen LogP contribution in [0.15, 0.2) is 33.7 Å². The molecule has 144 valence electrons. The number of hydrogen-bond donors (Lipinski definition) is 3. The Balaban J connectivity index is 1.68. The first-order valence-corrected chi connectivity index (χ1v) is 10.0. The standard InChI is InChI=1S/C19H29BrN4O2/c1-3-21-18(24-14-19(2)10-4-13-26-19)23-12-5-11-22-17(25)15-6-8-16(20)9-7-15/h6-9H,3-5,10-14H2,1-2H3,(H,22,25)(H2,21,23,24). The molecule has 1 amide bonds. The highest BCUT2D eigenvalue weighted by Crippen LogP contribution is 2.24. The van der Waals surface area contributed by atoms with Crippen LogP contribution >= 0.6 is 15.9 Å². The van der Waals surface area contributed by atoms with Gasteiger partial charge in [0, 0.05) is 36.3 Å². The summed E-state index contributed by atoms with van der Waals surface area (Å²) in [4.78, 5) is 16.7. The van der Waals surface area contributed by atoms with E-state index >= 15 is 0 Å². The van der Waals surface area contributed by atoms with E-state index < -0.39 is 0 Å². The first-order valence-electron chi connectivity index (χ1n) is 9.22. The van der Waals surface area contributed by atoms with Crippen LogP contribution < -0.4 is 16.0 Å². The molecule has 1 atom stereocenters. The van der Waals surface area contributed by atoms with Crippen molar-refractivity contribution >= 4 is 27.8 Å². The number of benzene rings is 1. The lowest BCUT2D eigenvalue weighted by molar-refractivity contribution is 0.0283. The molecule has 1 aromatic carbocycles. The molecule has 0 aromatic heterocycles. The predicted octanol–water partition coefficient (Wildman–Crippen LogP) is 2.69. The molecule has 1 unspecified atom stereocenters. The number of carbonyl (C=O) groups excluding carboxylic acids is 1. The average molecular weight is 425 g/mol. The van der Waals surface area contributed by atoms with Gasteiger partial charge in [0.25, 0.3) is 5.91 Å². The Morgan fingerprint density at radius 1 is 1.23 bits per heavy atom. The first kappa shape index (κ1) is 20.7. The third kappa shape index (κ3) is 6.96. The summed E-state index contributed by atoms with van der Waals surface area (Å²) >= 11 is 3.37. The monoisotopic (exact) mass is 424 g/mol. The van der Waals surface area contributed by atoms with Crippen molar-refractivity contribution in [2.75, 3.05) is 32.8 Å². The van der Waals surface area contributed by atoms with Gasteiger partial charge in [0.15, 0.2) is 5.96 Å². The molecule has 0 saturated carbocycles. The molecular formula is C19H29BrN4O2. The average Bonchev–Trinajstić information content (AvgIpc) is 3.06. The molecule has 1 aromatic rings. The van der Waals surface area contributed by atoms with Gasteiger partial charge in [0.2, 0.25) is 0 Å². The zero-order chi connectivity index (χ0) is 18.8. The smallest absolute Gasteiger partial charge is 0.251 e. The first-order chi connectivity index (χ1) is 12.5. The highest BCUT2D eigenvalue weighted by molar-refractivity contribution is 9.10. The molecule has 6 nitrogen and oxygen atoms in total. The highest BCUT2D eigenvalue weighted by Gasteiger charge is 2.29. The Morgan fingerprint density at radius 3 is 2.62 bits per heavy atom. The van der Waals surface area contributed by atoms with E-state index in [0.717, 1.165) is 49.4 Å². The fourth-order valence-electron chi connectivity index (χ4n) is 2.75. The Hall–Kier alpha value is -1.60. The molecule has 0 spiro atoms. The lowest BCUT2D eigenvalue weighted by Gasteiger charge is -2.21. The number of nitrogens with one attached hydrogen (secondary N) is 3. The topological polar surface area (TPSA) is 74.8 Å². The zero-order valence-corrected chi connectivity index (χ0v) is 17.2. The zero-order valence-electron chi connectivity index (χ0n) is 15.6. The quantitative estimate of drug-likeness (QED) is 0.340. The van der Waals surface area contributed by atoms with Gasteiger partial charge in [0.1, 0.15) is 0 Å². The van der Waals surface area contributed by atoms with Gasteiger partial charge in [-0.25, -0.2) is 0 Å². The lowest BCUT2D eigenvalue weighted by atomic mass is 10.0. The van der Waals surface area contributed by atoms with E-state index in [0.29, 0.717) is 18.7 Å². The molecule has 26 heavy (non-hydrogen) atoms. The van der Waals surface area contributed by atoms with Gasteiger partial charge in [-0.15, -0.1) is 0 Å². The summed E-state index contributed by atoms with van der Waals surface area (Å²) < 4.78 is 6.74. The molecule has 1 fully saturated rings. The number of ether oxygens (including phenoxy) is 1. The van der Waals surface area contributed by atoms with E-state index in [4.69, 9.17) is 4.74 Å². The second-order valence-corrected chi connectivity index (χ2v) is 7.56. The fraction of sp³-hybridized carbons (Fsp3) is 0.579. The molecule has 1 aliphatic heterocycles. The Morgan fingerprint density at radius 2 is 1.96 bits per heavy atom. The van der Waals surface area contributed by atoms with Crippen molar-refractivity contribution in [3.8, 4) is 0 Å². The second-order valence-electron chi connectivity index (χ2n) is 6.64. The van der Waals surface area contributed by atoms with Crippen LogP contribution in [0.25, 0.3) is 0 Å². The summed E-state index contributed by atoms with van der Waals surface area (Å²) in [5.74, 6) is 0.743. The van der Waals surface area contributed by atoms with Gasteiger partial charge in [-0.2, -0.15) is 0 Å². The van der Waals surface area contributed by atoms with Crippen LogP contribution in [0.3, 0.4) is 0 Å². The molecule has 3 N–H and O–H groups in total. The van der Waals surface area contributed by atoms with Gasteiger partial charge >= 0.3 is 0 Å². The lowest BCUT2D eigenvalue weighted by Crippen LogP contribution is -2.40. The normalized spacial score (nSPS) is 20.0. The number of nitrogens with zero attached hydrogens (tertiary/aromatic N) is 1. The van der Waals surface area contributed by atoms with Crippen LogP contribution in [-0.2, 0) is 4.74 Å². The molecule has 2 rings (SSSR count). The summed E-state index contributed by atoms with van der Waals surface area (Å²) in [5.41, 5.74) is 0.530. The molecule has 1 heterocycles. The number of hydrogen-bond acceptors (Lipinski definition) is 3. The molecule has 1 saturated heterocycles. The maximum atomic E-state index is 12.0. The summed E-state index contributed by atoms with van der Waals surface area (Å²) in [5, 5.41) is 9.49. The largest absolute Gasteiger partial charge is 0.373 e. The van der Waals surface area contributed by atoms with Crippen molar-refractivity contribution in [2.45, 2.75) is 38.7 Å². The van der Waals surface area contributed by atoms with Gasteiger partial charge in [0.05, 0.1) is 12.1 Å². The third-order valence-corrected chi connectivity index (χ3v) is 4.78. The van der Waals surface area contributed by atoms with Crippen LogP contribution in [0.5, 0.6) is 0 Å². The van der Waals surface area contributed by atoms with Gasteiger partial charge in [-0.1, -0.05) is 15.9 Å². The highest BCUT2D eigenvalue weighted by atomic mass is 79.9. The van der Waals surface area contributed by atoms with Crippen LogP contribution in [-0.4, -0.2) is 50.3 Å². The number of amides is 1. The van der Waals surface area contributed by atoms with Crippen LogP contribution in [0.2, 0.25) is 0 Å². The van der Waals surface area contributed by atoms with Crippen molar-refractivity contribution < 1.29 is 9.53 Å². The number of aliphatic imine (C=N–C) groups is 1. The van der Waals surface area contributed by atoms with E-state index in [-0.39, 0.29) is 11.5 Å². The van der Waals surface area contributed by atoms with Crippen LogP contribution in [0.1, 0.15) is 43.5 Å². The van der Waals surface area contributed by atoms with Gasteiger partial charge in [-0.3, -0.25) is 9.79 Å². The van der Waals surface area contributed by atoms with Crippen molar-refractivity contribution in [1.29, 1.82) is 0 Å². The van der Waals surface area contributed by atoms with E-state index in [1.807, 2.05) is 19.1 Å². The second kappa shape index (κ2) is 10.5. The minimum absolute atomic E-state index is 0.0515. The number of carbonyl (C=O) groups is 1.